The van der Waals surface area contributed by atoms with Crippen LogP contribution < -0.4 is 15.8 Å². The van der Waals surface area contributed by atoms with Gasteiger partial charge in [-0.25, -0.2) is 0 Å². The van der Waals surface area contributed by atoms with Gasteiger partial charge in [0.25, 0.3) is 5.91 Å². The van der Waals surface area contributed by atoms with Crippen molar-refractivity contribution in [1.29, 1.82) is 0 Å². The van der Waals surface area contributed by atoms with E-state index in [9.17, 15) is 4.79 Å². The van der Waals surface area contributed by atoms with Gasteiger partial charge >= 0.3 is 0 Å². The van der Waals surface area contributed by atoms with Crippen LogP contribution in [0.25, 0.3) is 0 Å². The number of aryl methyl sites for hydroxylation is 1. The highest BCUT2D eigenvalue weighted by molar-refractivity contribution is 5.93. The topological polar surface area (TPSA) is 80.1 Å². The molecule has 100 valence electrons. The normalized spacial score (nSPS) is 10.2. The maximum absolute atomic E-state index is 11.7. The second-order valence-corrected chi connectivity index (χ2v) is 4.27. The lowest BCUT2D eigenvalue weighted by molar-refractivity contribution is 0.0942. The SMILES string of the molecule is Cc1cccc(OCCNC(=O)c2cc(N)c[nH]2)c1. The third kappa shape index (κ3) is 3.77. The largest absolute Gasteiger partial charge is 0.492 e. The summed E-state index contributed by atoms with van der Waals surface area (Å²) in [6.07, 6.45) is 1.58. The zero-order valence-corrected chi connectivity index (χ0v) is 10.8. The zero-order chi connectivity index (χ0) is 13.7. The fourth-order valence-corrected chi connectivity index (χ4v) is 1.68. The molecule has 0 atom stereocenters. The van der Waals surface area contributed by atoms with E-state index in [1.807, 2.05) is 31.2 Å². The second kappa shape index (κ2) is 5.95. The Morgan fingerprint density at radius 2 is 2.26 bits per heavy atom. The van der Waals surface area contributed by atoms with Crippen molar-refractivity contribution in [2.45, 2.75) is 6.92 Å². The summed E-state index contributed by atoms with van der Waals surface area (Å²) < 4.78 is 5.53. The number of carbonyl (C=O) groups is 1. The molecule has 0 unspecified atom stereocenters. The molecule has 0 spiro atoms. The average molecular weight is 259 g/mol. The minimum Gasteiger partial charge on any atom is -0.492 e. The number of H-pyrrole nitrogens is 1. The molecular formula is C14H17N3O2. The van der Waals surface area contributed by atoms with Crippen molar-refractivity contribution >= 4 is 11.6 Å². The lowest BCUT2D eigenvalue weighted by Crippen LogP contribution is -2.28. The number of rotatable bonds is 5. The number of aromatic nitrogens is 1. The summed E-state index contributed by atoms with van der Waals surface area (Å²) in [4.78, 5) is 14.5. The molecule has 0 aliphatic rings. The van der Waals surface area contributed by atoms with Crippen LogP contribution in [0.2, 0.25) is 0 Å². The number of amides is 1. The van der Waals surface area contributed by atoms with Gasteiger partial charge in [-0.05, 0) is 30.7 Å². The molecule has 1 aromatic carbocycles. The van der Waals surface area contributed by atoms with Crippen molar-refractivity contribution in [2.75, 3.05) is 18.9 Å². The van der Waals surface area contributed by atoms with Gasteiger partial charge in [0.15, 0.2) is 0 Å². The van der Waals surface area contributed by atoms with Gasteiger partial charge in [0, 0.05) is 11.9 Å². The maximum atomic E-state index is 11.7. The van der Waals surface area contributed by atoms with Crippen molar-refractivity contribution in [2.24, 2.45) is 0 Å². The number of ether oxygens (including phenoxy) is 1. The van der Waals surface area contributed by atoms with Gasteiger partial charge in [0.1, 0.15) is 18.1 Å². The van der Waals surface area contributed by atoms with Crippen LogP contribution in [0.5, 0.6) is 5.75 Å². The Morgan fingerprint density at radius 3 is 2.95 bits per heavy atom. The lowest BCUT2D eigenvalue weighted by Gasteiger charge is -2.07. The van der Waals surface area contributed by atoms with Crippen molar-refractivity contribution in [3.05, 3.63) is 47.8 Å². The highest BCUT2D eigenvalue weighted by Crippen LogP contribution is 2.11. The molecule has 4 N–H and O–H groups in total. The molecule has 0 aliphatic carbocycles. The average Bonchev–Trinajstić information content (AvgIpc) is 2.81. The molecule has 0 fully saturated rings. The van der Waals surface area contributed by atoms with Crippen LogP contribution in [0.4, 0.5) is 5.69 Å². The number of nitrogens with one attached hydrogen (secondary N) is 2. The molecule has 2 aromatic rings. The molecule has 1 heterocycles. The number of anilines is 1. The highest BCUT2D eigenvalue weighted by atomic mass is 16.5. The lowest BCUT2D eigenvalue weighted by atomic mass is 10.2. The van der Waals surface area contributed by atoms with Crippen LogP contribution in [-0.4, -0.2) is 24.0 Å². The number of hydrogen-bond donors (Lipinski definition) is 3. The summed E-state index contributed by atoms with van der Waals surface area (Å²) in [6.45, 7) is 2.86. The predicted molar refractivity (Wildman–Crippen MR) is 74.2 cm³/mol. The first-order chi connectivity index (χ1) is 9.15. The van der Waals surface area contributed by atoms with Crippen LogP contribution in [0.15, 0.2) is 36.5 Å². The number of hydrogen-bond acceptors (Lipinski definition) is 3. The fourth-order valence-electron chi connectivity index (χ4n) is 1.68. The number of aromatic amines is 1. The quantitative estimate of drug-likeness (QED) is 0.715. The van der Waals surface area contributed by atoms with Gasteiger partial charge in [-0.1, -0.05) is 12.1 Å². The zero-order valence-electron chi connectivity index (χ0n) is 10.8. The van der Waals surface area contributed by atoms with Gasteiger partial charge < -0.3 is 20.8 Å². The number of nitrogens with two attached hydrogens (primary N) is 1. The molecule has 0 radical (unpaired) electrons. The molecule has 19 heavy (non-hydrogen) atoms. The van der Waals surface area contributed by atoms with Crippen molar-refractivity contribution < 1.29 is 9.53 Å². The van der Waals surface area contributed by atoms with E-state index in [-0.39, 0.29) is 5.91 Å². The van der Waals surface area contributed by atoms with Gasteiger partial charge in [-0.3, -0.25) is 4.79 Å². The molecule has 1 aromatic heterocycles. The van der Waals surface area contributed by atoms with Gasteiger partial charge in [-0.15, -0.1) is 0 Å². The van der Waals surface area contributed by atoms with Crippen molar-refractivity contribution in [3.8, 4) is 5.75 Å². The maximum Gasteiger partial charge on any atom is 0.267 e. The van der Waals surface area contributed by atoms with Crippen molar-refractivity contribution in [3.63, 3.8) is 0 Å². The van der Waals surface area contributed by atoms with Crippen LogP contribution >= 0.6 is 0 Å². The van der Waals surface area contributed by atoms with Gasteiger partial charge in [-0.2, -0.15) is 0 Å². The fraction of sp³-hybridized carbons (Fsp3) is 0.214. The molecule has 0 aliphatic heterocycles. The molecule has 0 saturated carbocycles. The predicted octanol–water partition coefficient (Wildman–Crippen LogP) is 1.71. The van der Waals surface area contributed by atoms with E-state index in [0.29, 0.717) is 24.5 Å². The Morgan fingerprint density at radius 1 is 1.42 bits per heavy atom. The first-order valence-corrected chi connectivity index (χ1v) is 6.07. The van der Waals surface area contributed by atoms with Gasteiger partial charge in [0.05, 0.1) is 6.54 Å². The smallest absolute Gasteiger partial charge is 0.267 e. The van der Waals surface area contributed by atoms with E-state index in [1.54, 1.807) is 12.3 Å². The van der Waals surface area contributed by atoms with Gasteiger partial charge in [0.2, 0.25) is 0 Å². The highest BCUT2D eigenvalue weighted by Gasteiger charge is 2.06. The van der Waals surface area contributed by atoms with Crippen molar-refractivity contribution in [1.82, 2.24) is 10.3 Å². The van der Waals surface area contributed by atoms with E-state index in [1.165, 1.54) is 0 Å². The number of benzene rings is 1. The summed E-state index contributed by atoms with van der Waals surface area (Å²) >= 11 is 0. The minimum atomic E-state index is -0.190. The number of nitrogen functional groups attached to an aromatic ring is 1. The summed E-state index contributed by atoms with van der Waals surface area (Å²) in [5, 5.41) is 2.75. The Labute approximate surface area is 111 Å². The number of carbonyl (C=O) groups excluding carboxylic acids is 1. The summed E-state index contributed by atoms with van der Waals surface area (Å²) in [7, 11) is 0. The first-order valence-electron chi connectivity index (χ1n) is 6.07. The van der Waals surface area contributed by atoms with E-state index in [4.69, 9.17) is 10.5 Å². The standard InChI is InChI=1S/C14H17N3O2/c1-10-3-2-4-12(7-10)19-6-5-16-14(18)13-8-11(15)9-17-13/h2-4,7-9,17H,5-6,15H2,1H3,(H,16,18). The second-order valence-electron chi connectivity index (χ2n) is 4.27. The van der Waals surface area contributed by atoms with E-state index in [2.05, 4.69) is 10.3 Å². The van der Waals surface area contributed by atoms with E-state index < -0.39 is 0 Å². The van der Waals surface area contributed by atoms with Crippen LogP contribution in [0, 0.1) is 6.92 Å². The third-order valence-electron chi connectivity index (χ3n) is 2.60. The molecule has 2 rings (SSSR count). The molecule has 5 heteroatoms. The Hall–Kier alpha value is -2.43. The Bertz CT molecular complexity index is 563. The molecule has 0 bridgehead atoms. The van der Waals surface area contributed by atoms with Crippen LogP contribution in [0.1, 0.15) is 16.1 Å². The molecule has 1 amide bonds. The van der Waals surface area contributed by atoms with E-state index >= 15 is 0 Å². The molecule has 5 nitrogen and oxygen atoms in total. The minimum absolute atomic E-state index is 0.190. The monoisotopic (exact) mass is 259 g/mol. The summed E-state index contributed by atoms with van der Waals surface area (Å²) in [5.41, 5.74) is 7.66. The Kier molecular flexibility index (Phi) is 4.07. The third-order valence-corrected chi connectivity index (χ3v) is 2.60. The van der Waals surface area contributed by atoms with Crippen LogP contribution in [0.3, 0.4) is 0 Å². The molecule has 0 saturated heterocycles. The van der Waals surface area contributed by atoms with E-state index in [0.717, 1.165) is 11.3 Å². The first kappa shape index (κ1) is 13.0. The van der Waals surface area contributed by atoms with Crippen LogP contribution in [-0.2, 0) is 0 Å². The molecular weight excluding hydrogens is 242 g/mol. The summed E-state index contributed by atoms with van der Waals surface area (Å²) in [5.74, 6) is 0.614. The summed E-state index contributed by atoms with van der Waals surface area (Å²) in [6, 6.07) is 9.37. The Balaban J connectivity index is 1.74.